The molecule has 0 saturated carbocycles. The molecule has 1 amide bonds. The molecule has 1 aromatic heterocycles. The summed E-state index contributed by atoms with van der Waals surface area (Å²) in [5.41, 5.74) is 1.52. The first-order chi connectivity index (χ1) is 8.63. The average Bonchev–Trinajstić information content (AvgIpc) is 2.76. The predicted octanol–water partition coefficient (Wildman–Crippen LogP) is 2.36. The third-order valence-corrected chi connectivity index (χ3v) is 2.47. The molecule has 1 aromatic carbocycles. The molecule has 0 aliphatic heterocycles. The number of anilines is 1. The number of amides is 1. The summed E-state index contributed by atoms with van der Waals surface area (Å²) in [5, 5.41) is 6.89. The number of carbonyl (C=O) groups excluding carboxylic acids is 1. The molecule has 0 unspecified atom stereocenters. The molecule has 0 fully saturated rings. The van der Waals surface area contributed by atoms with Crippen LogP contribution in [-0.4, -0.2) is 15.7 Å². The quantitative estimate of drug-likeness (QED) is 0.901. The summed E-state index contributed by atoms with van der Waals surface area (Å²) in [6.07, 6.45) is 2.17. The highest BCUT2D eigenvalue weighted by Crippen LogP contribution is 2.08. The van der Waals surface area contributed by atoms with Crippen molar-refractivity contribution in [3.63, 3.8) is 0 Å². The zero-order valence-electron chi connectivity index (χ0n) is 10.1. The fourth-order valence-electron chi connectivity index (χ4n) is 1.56. The van der Waals surface area contributed by atoms with Gasteiger partial charge in [-0.05, 0) is 37.3 Å². The second-order valence-corrected chi connectivity index (χ2v) is 4.03. The van der Waals surface area contributed by atoms with E-state index in [1.165, 1.54) is 24.3 Å². The van der Waals surface area contributed by atoms with E-state index < -0.39 is 0 Å². The fraction of sp³-hybridized carbons (Fsp3) is 0.231. The normalized spacial score (nSPS) is 10.3. The molecule has 94 valence electrons. The van der Waals surface area contributed by atoms with E-state index in [1.54, 1.807) is 4.68 Å². The van der Waals surface area contributed by atoms with E-state index in [9.17, 15) is 9.18 Å². The number of hydrogen-bond acceptors (Lipinski definition) is 2. The number of rotatable bonds is 4. The molecular formula is C13H14FN3O. The summed E-state index contributed by atoms with van der Waals surface area (Å²) in [4.78, 5) is 11.6. The summed E-state index contributed by atoms with van der Waals surface area (Å²) in [6, 6.07) is 7.58. The Kier molecular flexibility index (Phi) is 3.72. The van der Waals surface area contributed by atoms with Crippen LogP contribution in [0.15, 0.2) is 36.5 Å². The lowest BCUT2D eigenvalue weighted by Gasteiger charge is -2.05. The maximum Gasteiger partial charge on any atom is 0.226 e. The molecule has 2 aromatic rings. The van der Waals surface area contributed by atoms with Gasteiger partial charge in [0.05, 0.1) is 5.69 Å². The van der Waals surface area contributed by atoms with E-state index in [2.05, 4.69) is 10.4 Å². The van der Waals surface area contributed by atoms with Crippen molar-refractivity contribution in [3.05, 3.63) is 48.0 Å². The van der Waals surface area contributed by atoms with Crippen molar-refractivity contribution in [1.29, 1.82) is 0 Å². The number of aromatic nitrogens is 2. The standard InChI is InChI=1S/C13H14FN3O/c1-10-6-8-17(16-10)9-7-13(18)15-12-4-2-11(14)3-5-12/h2-6,8H,7,9H2,1H3,(H,15,18). The van der Waals surface area contributed by atoms with Gasteiger partial charge < -0.3 is 5.32 Å². The van der Waals surface area contributed by atoms with Crippen LogP contribution < -0.4 is 5.32 Å². The van der Waals surface area contributed by atoms with Gasteiger partial charge in [-0.25, -0.2) is 4.39 Å². The lowest BCUT2D eigenvalue weighted by atomic mass is 10.3. The first kappa shape index (κ1) is 12.3. The molecule has 1 heterocycles. The summed E-state index contributed by atoms with van der Waals surface area (Å²) in [7, 11) is 0. The van der Waals surface area contributed by atoms with E-state index >= 15 is 0 Å². The van der Waals surface area contributed by atoms with Crippen LogP contribution in [0.25, 0.3) is 0 Å². The van der Waals surface area contributed by atoms with E-state index in [0.717, 1.165) is 5.69 Å². The maximum atomic E-state index is 12.7. The Bertz CT molecular complexity index is 533. The minimum atomic E-state index is -0.319. The number of halogens is 1. The Morgan fingerprint density at radius 2 is 2.06 bits per heavy atom. The van der Waals surface area contributed by atoms with Gasteiger partial charge in [0.25, 0.3) is 0 Å². The van der Waals surface area contributed by atoms with Gasteiger partial charge in [0.1, 0.15) is 5.82 Å². The van der Waals surface area contributed by atoms with Gasteiger partial charge in [0, 0.05) is 24.8 Å². The third kappa shape index (κ3) is 3.41. The minimum absolute atomic E-state index is 0.116. The van der Waals surface area contributed by atoms with Crippen LogP contribution in [0.1, 0.15) is 12.1 Å². The Morgan fingerprint density at radius 3 is 2.67 bits per heavy atom. The van der Waals surface area contributed by atoms with E-state index in [0.29, 0.717) is 18.7 Å². The Hall–Kier alpha value is -2.17. The molecule has 0 aliphatic rings. The molecule has 4 nitrogen and oxygen atoms in total. The van der Waals surface area contributed by atoms with Gasteiger partial charge in [-0.2, -0.15) is 5.10 Å². The fourth-order valence-corrected chi connectivity index (χ4v) is 1.56. The zero-order chi connectivity index (χ0) is 13.0. The van der Waals surface area contributed by atoms with Crippen molar-refractivity contribution in [3.8, 4) is 0 Å². The molecule has 0 saturated heterocycles. The Morgan fingerprint density at radius 1 is 1.33 bits per heavy atom. The van der Waals surface area contributed by atoms with E-state index in [-0.39, 0.29) is 11.7 Å². The highest BCUT2D eigenvalue weighted by molar-refractivity contribution is 5.90. The van der Waals surface area contributed by atoms with Crippen molar-refractivity contribution in [2.75, 3.05) is 5.32 Å². The molecule has 0 bridgehead atoms. The number of aryl methyl sites for hydroxylation is 2. The number of benzene rings is 1. The molecule has 1 N–H and O–H groups in total. The topological polar surface area (TPSA) is 46.9 Å². The van der Waals surface area contributed by atoms with Crippen molar-refractivity contribution in [1.82, 2.24) is 9.78 Å². The van der Waals surface area contributed by atoms with E-state index in [4.69, 9.17) is 0 Å². The third-order valence-electron chi connectivity index (χ3n) is 2.47. The van der Waals surface area contributed by atoms with Crippen LogP contribution in [-0.2, 0) is 11.3 Å². The molecule has 18 heavy (non-hydrogen) atoms. The Labute approximate surface area is 104 Å². The number of nitrogens with zero attached hydrogens (tertiary/aromatic N) is 2. The van der Waals surface area contributed by atoms with Crippen LogP contribution in [0, 0.1) is 12.7 Å². The maximum absolute atomic E-state index is 12.7. The van der Waals surface area contributed by atoms with Gasteiger partial charge in [-0.15, -0.1) is 0 Å². The minimum Gasteiger partial charge on any atom is -0.326 e. The van der Waals surface area contributed by atoms with Gasteiger partial charge in [0.15, 0.2) is 0 Å². The number of nitrogens with one attached hydrogen (secondary N) is 1. The van der Waals surface area contributed by atoms with Gasteiger partial charge >= 0.3 is 0 Å². The predicted molar refractivity (Wildman–Crippen MR) is 66.6 cm³/mol. The van der Waals surface area contributed by atoms with Gasteiger partial charge in [0.2, 0.25) is 5.91 Å². The van der Waals surface area contributed by atoms with Gasteiger partial charge in [-0.1, -0.05) is 0 Å². The van der Waals surface area contributed by atoms with Crippen LogP contribution in [0.5, 0.6) is 0 Å². The molecule has 0 spiro atoms. The summed E-state index contributed by atoms with van der Waals surface area (Å²) in [5.74, 6) is -0.435. The smallest absolute Gasteiger partial charge is 0.226 e. The second kappa shape index (κ2) is 5.44. The van der Waals surface area contributed by atoms with Crippen molar-refractivity contribution in [2.45, 2.75) is 19.9 Å². The monoisotopic (exact) mass is 247 g/mol. The highest BCUT2D eigenvalue weighted by Gasteiger charge is 2.03. The van der Waals surface area contributed by atoms with Crippen molar-refractivity contribution < 1.29 is 9.18 Å². The first-order valence-corrected chi connectivity index (χ1v) is 5.69. The molecule has 0 aliphatic carbocycles. The SMILES string of the molecule is Cc1ccn(CCC(=O)Nc2ccc(F)cc2)n1. The van der Waals surface area contributed by atoms with Crippen molar-refractivity contribution in [2.24, 2.45) is 0 Å². The summed E-state index contributed by atoms with van der Waals surface area (Å²) >= 11 is 0. The molecule has 0 radical (unpaired) electrons. The average molecular weight is 247 g/mol. The Balaban J connectivity index is 1.83. The van der Waals surface area contributed by atoms with Crippen LogP contribution >= 0.6 is 0 Å². The molecule has 2 rings (SSSR count). The van der Waals surface area contributed by atoms with Crippen LogP contribution in [0.4, 0.5) is 10.1 Å². The van der Waals surface area contributed by atoms with Crippen LogP contribution in [0.2, 0.25) is 0 Å². The number of carbonyl (C=O) groups is 1. The largest absolute Gasteiger partial charge is 0.326 e. The lowest BCUT2D eigenvalue weighted by molar-refractivity contribution is -0.116. The van der Waals surface area contributed by atoms with E-state index in [1.807, 2.05) is 19.2 Å². The lowest BCUT2D eigenvalue weighted by Crippen LogP contribution is -2.14. The van der Waals surface area contributed by atoms with Crippen LogP contribution in [0.3, 0.4) is 0 Å². The zero-order valence-corrected chi connectivity index (χ0v) is 10.1. The van der Waals surface area contributed by atoms with Crippen molar-refractivity contribution >= 4 is 11.6 Å². The first-order valence-electron chi connectivity index (χ1n) is 5.69. The summed E-state index contributed by atoms with van der Waals surface area (Å²) < 4.78 is 14.4. The second-order valence-electron chi connectivity index (χ2n) is 4.03. The summed E-state index contributed by atoms with van der Waals surface area (Å²) in [6.45, 7) is 2.43. The molecular weight excluding hydrogens is 233 g/mol. The number of hydrogen-bond donors (Lipinski definition) is 1. The molecule has 5 heteroatoms. The highest BCUT2D eigenvalue weighted by atomic mass is 19.1. The van der Waals surface area contributed by atoms with Gasteiger partial charge in [-0.3, -0.25) is 9.48 Å². The molecule has 0 atom stereocenters.